The largest absolute Gasteiger partial charge is 0.451 e. The molecule has 1 saturated heterocycles. The summed E-state index contributed by atoms with van der Waals surface area (Å²) in [5, 5.41) is 2.80. The summed E-state index contributed by atoms with van der Waals surface area (Å²) in [6.07, 6.45) is 1.50. The number of nitrogens with zero attached hydrogens (tertiary/aromatic N) is 2. The number of anilines is 2. The molecule has 1 aliphatic heterocycles. The molecular weight excluding hydrogens is 322 g/mol. The zero-order valence-corrected chi connectivity index (χ0v) is 13.7. The first-order valence-corrected chi connectivity index (χ1v) is 8.04. The number of hydrogen-bond donors (Lipinski definition) is 1. The van der Waals surface area contributed by atoms with E-state index in [2.05, 4.69) is 15.2 Å². The second kappa shape index (κ2) is 8.25. The van der Waals surface area contributed by atoms with Gasteiger partial charge in [-0.2, -0.15) is 0 Å². The molecule has 0 unspecified atom stereocenters. The van der Waals surface area contributed by atoms with Gasteiger partial charge in [0, 0.05) is 19.3 Å². The lowest BCUT2D eigenvalue weighted by Gasteiger charge is -2.30. The summed E-state index contributed by atoms with van der Waals surface area (Å²) in [5.74, 6) is -1.03. The number of rotatable bonds is 5. The van der Waals surface area contributed by atoms with E-state index in [1.807, 2.05) is 24.3 Å². The molecule has 1 aromatic heterocycles. The summed E-state index contributed by atoms with van der Waals surface area (Å²) in [7, 11) is 0. The number of pyridine rings is 1. The Morgan fingerprint density at radius 1 is 1.12 bits per heavy atom. The zero-order valence-electron chi connectivity index (χ0n) is 13.7. The number of hydrogen-bond acceptors (Lipinski definition) is 6. The Morgan fingerprint density at radius 3 is 2.64 bits per heavy atom. The number of benzene rings is 1. The third kappa shape index (κ3) is 4.54. The summed E-state index contributed by atoms with van der Waals surface area (Å²) in [6, 6.07) is 12.5. The highest BCUT2D eigenvalue weighted by atomic mass is 16.5. The molecule has 2 heterocycles. The standard InChI is InChI=1S/C18H19N3O4/c22-17(13-25-18(23)15-6-3-4-8-19-15)20-14-5-1-2-7-16(14)21-9-11-24-12-10-21/h1-8H,9-13H2,(H,20,22). The van der Waals surface area contributed by atoms with Crippen molar-refractivity contribution in [2.24, 2.45) is 0 Å². The van der Waals surface area contributed by atoms with Crippen LogP contribution in [0.4, 0.5) is 11.4 Å². The molecule has 0 atom stereocenters. The number of ether oxygens (including phenoxy) is 2. The highest BCUT2D eigenvalue weighted by molar-refractivity contribution is 5.97. The predicted octanol–water partition coefficient (Wildman–Crippen LogP) is 1.71. The van der Waals surface area contributed by atoms with Gasteiger partial charge in [-0.3, -0.25) is 4.79 Å². The first-order chi connectivity index (χ1) is 12.2. The first kappa shape index (κ1) is 16.9. The number of carbonyl (C=O) groups is 2. The van der Waals surface area contributed by atoms with Gasteiger partial charge in [0.2, 0.25) is 0 Å². The second-order valence-corrected chi connectivity index (χ2v) is 5.46. The third-order valence-electron chi connectivity index (χ3n) is 3.74. The van der Waals surface area contributed by atoms with Crippen molar-refractivity contribution in [3.8, 4) is 0 Å². The SMILES string of the molecule is O=C(COC(=O)c1ccccn1)Nc1ccccc1N1CCOCC1. The van der Waals surface area contributed by atoms with E-state index in [0.717, 1.165) is 18.8 Å². The van der Waals surface area contributed by atoms with E-state index >= 15 is 0 Å². The van der Waals surface area contributed by atoms with E-state index in [0.29, 0.717) is 18.9 Å². The Bertz CT molecular complexity index is 730. The number of amides is 1. The van der Waals surface area contributed by atoms with E-state index in [-0.39, 0.29) is 12.3 Å². The summed E-state index contributed by atoms with van der Waals surface area (Å²) in [6.45, 7) is 2.48. The van der Waals surface area contributed by atoms with Crippen molar-refractivity contribution in [3.63, 3.8) is 0 Å². The molecule has 1 N–H and O–H groups in total. The highest BCUT2D eigenvalue weighted by Gasteiger charge is 2.16. The fourth-order valence-corrected chi connectivity index (χ4v) is 2.53. The van der Waals surface area contributed by atoms with Gasteiger partial charge in [-0.15, -0.1) is 0 Å². The number of para-hydroxylation sites is 2. The number of morpholine rings is 1. The van der Waals surface area contributed by atoms with E-state index in [9.17, 15) is 9.59 Å². The highest BCUT2D eigenvalue weighted by Crippen LogP contribution is 2.26. The maximum Gasteiger partial charge on any atom is 0.357 e. The number of nitrogens with one attached hydrogen (secondary N) is 1. The Morgan fingerprint density at radius 2 is 1.88 bits per heavy atom. The van der Waals surface area contributed by atoms with Crippen molar-refractivity contribution < 1.29 is 19.1 Å². The van der Waals surface area contributed by atoms with Crippen LogP contribution >= 0.6 is 0 Å². The predicted molar refractivity (Wildman–Crippen MR) is 92.6 cm³/mol. The van der Waals surface area contributed by atoms with Crippen molar-refractivity contribution >= 4 is 23.3 Å². The van der Waals surface area contributed by atoms with Crippen molar-refractivity contribution in [1.29, 1.82) is 0 Å². The van der Waals surface area contributed by atoms with Crippen LogP contribution in [0.3, 0.4) is 0 Å². The van der Waals surface area contributed by atoms with Gasteiger partial charge in [0.1, 0.15) is 5.69 Å². The molecule has 1 aromatic carbocycles. The van der Waals surface area contributed by atoms with Crippen LogP contribution in [0, 0.1) is 0 Å². The van der Waals surface area contributed by atoms with Crippen LogP contribution in [-0.4, -0.2) is 49.8 Å². The van der Waals surface area contributed by atoms with Crippen LogP contribution in [0.1, 0.15) is 10.5 Å². The molecule has 0 spiro atoms. The molecule has 1 fully saturated rings. The van der Waals surface area contributed by atoms with Crippen molar-refractivity contribution in [2.75, 3.05) is 43.1 Å². The molecule has 130 valence electrons. The number of esters is 1. The maximum absolute atomic E-state index is 12.1. The van der Waals surface area contributed by atoms with Gasteiger partial charge in [-0.25, -0.2) is 9.78 Å². The Balaban J connectivity index is 1.59. The normalized spacial score (nSPS) is 14.0. The van der Waals surface area contributed by atoms with Gasteiger partial charge in [0.05, 0.1) is 24.6 Å². The second-order valence-electron chi connectivity index (χ2n) is 5.46. The summed E-state index contributed by atoms with van der Waals surface area (Å²) < 4.78 is 10.4. The topological polar surface area (TPSA) is 80.8 Å². The Labute approximate surface area is 145 Å². The molecule has 1 amide bonds. The molecule has 0 bridgehead atoms. The molecule has 2 aromatic rings. The Hall–Kier alpha value is -2.93. The molecule has 1 aliphatic rings. The lowest BCUT2D eigenvalue weighted by molar-refractivity contribution is -0.119. The minimum atomic E-state index is -0.628. The number of carbonyl (C=O) groups excluding carboxylic acids is 2. The van der Waals surface area contributed by atoms with Gasteiger partial charge in [0.15, 0.2) is 6.61 Å². The van der Waals surface area contributed by atoms with E-state index in [4.69, 9.17) is 9.47 Å². The Kier molecular flexibility index (Phi) is 5.58. The van der Waals surface area contributed by atoms with Gasteiger partial charge in [-0.05, 0) is 24.3 Å². The van der Waals surface area contributed by atoms with E-state index in [1.54, 1.807) is 12.1 Å². The maximum atomic E-state index is 12.1. The van der Waals surface area contributed by atoms with E-state index < -0.39 is 11.9 Å². The molecule has 7 heteroatoms. The van der Waals surface area contributed by atoms with Crippen LogP contribution in [0.15, 0.2) is 48.7 Å². The van der Waals surface area contributed by atoms with Crippen LogP contribution in [0.5, 0.6) is 0 Å². The summed E-state index contributed by atoms with van der Waals surface area (Å²) in [5.41, 5.74) is 1.78. The van der Waals surface area contributed by atoms with Crippen LogP contribution in [-0.2, 0) is 14.3 Å². The number of aromatic nitrogens is 1. The summed E-state index contributed by atoms with van der Waals surface area (Å²) in [4.78, 5) is 30.0. The van der Waals surface area contributed by atoms with Gasteiger partial charge in [0.25, 0.3) is 5.91 Å². The third-order valence-corrected chi connectivity index (χ3v) is 3.74. The lowest BCUT2D eigenvalue weighted by Crippen LogP contribution is -2.36. The minimum Gasteiger partial charge on any atom is -0.451 e. The molecule has 3 rings (SSSR count). The molecular formula is C18H19N3O4. The average molecular weight is 341 g/mol. The smallest absolute Gasteiger partial charge is 0.357 e. The fraction of sp³-hybridized carbons (Fsp3) is 0.278. The first-order valence-electron chi connectivity index (χ1n) is 8.04. The van der Waals surface area contributed by atoms with Crippen LogP contribution in [0.2, 0.25) is 0 Å². The molecule has 7 nitrogen and oxygen atoms in total. The molecule has 25 heavy (non-hydrogen) atoms. The molecule has 0 radical (unpaired) electrons. The van der Waals surface area contributed by atoms with Crippen LogP contribution < -0.4 is 10.2 Å². The van der Waals surface area contributed by atoms with E-state index in [1.165, 1.54) is 12.3 Å². The van der Waals surface area contributed by atoms with Crippen LogP contribution in [0.25, 0.3) is 0 Å². The molecule has 0 aliphatic carbocycles. The van der Waals surface area contributed by atoms with Crippen molar-refractivity contribution in [2.45, 2.75) is 0 Å². The zero-order chi connectivity index (χ0) is 17.5. The van der Waals surface area contributed by atoms with Gasteiger partial charge >= 0.3 is 5.97 Å². The van der Waals surface area contributed by atoms with Gasteiger partial charge in [-0.1, -0.05) is 18.2 Å². The lowest BCUT2D eigenvalue weighted by atomic mass is 10.2. The fourth-order valence-electron chi connectivity index (χ4n) is 2.53. The minimum absolute atomic E-state index is 0.170. The van der Waals surface area contributed by atoms with Gasteiger partial charge < -0.3 is 19.7 Å². The summed E-state index contributed by atoms with van der Waals surface area (Å²) >= 11 is 0. The molecule has 0 saturated carbocycles. The van der Waals surface area contributed by atoms with Crippen molar-refractivity contribution in [3.05, 3.63) is 54.4 Å². The quantitative estimate of drug-likeness (QED) is 0.834. The average Bonchev–Trinajstić information content (AvgIpc) is 2.68. The monoisotopic (exact) mass is 341 g/mol. The van der Waals surface area contributed by atoms with Crippen molar-refractivity contribution in [1.82, 2.24) is 4.98 Å².